The number of ether oxygens (including phenoxy) is 1. The molecule has 0 saturated heterocycles. The summed E-state index contributed by atoms with van der Waals surface area (Å²) in [6, 6.07) is 8.43. The summed E-state index contributed by atoms with van der Waals surface area (Å²) in [6.45, 7) is 14.1. The summed E-state index contributed by atoms with van der Waals surface area (Å²) in [5.41, 5.74) is 1.58. The van der Waals surface area contributed by atoms with E-state index in [4.69, 9.17) is 4.74 Å². The molecule has 0 aliphatic rings. The lowest BCUT2D eigenvalue weighted by atomic mass is 10.00. The molecule has 5 nitrogen and oxygen atoms in total. The molecular formula is C26H34F3N4OP. The molecular weight excluding hydrogens is 472 g/mol. The van der Waals surface area contributed by atoms with Gasteiger partial charge in [-0.25, -0.2) is 9.97 Å². The Labute approximate surface area is 206 Å². The van der Waals surface area contributed by atoms with Gasteiger partial charge in [0, 0.05) is 24.7 Å². The third kappa shape index (κ3) is 6.04. The molecule has 0 radical (unpaired) electrons. The number of anilines is 2. The fourth-order valence-electron chi connectivity index (χ4n) is 3.85. The number of aryl methyl sites for hydroxylation is 1. The third-order valence-corrected chi connectivity index (χ3v) is 7.88. The fraction of sp³-hybridized carbons (Fsp3) is 0.462. The zero-order chi connectivity index (χ0) is 26.1. The van der Waals surface area contributed by atoms with Gasteiger partial charge in [-0.2, -0.15) is 13.2 Å². The minimum Gasteiger partial charge on any atom is -0.379 e. The van der Waals surface area contributed by atoms with Gasteiger partial charge in [-0.1, -0.05) is 20.1 Å². The van der Waals surface area contributed by atoms with Gasteiger partial charge in [0.1, 0.15) is 11.6 Å². The molecule has 3 aromatic rings. The number of nitrogens with one attached hydrogen (secondary N) is 2. The molecule has 1 aromatic heterocycles. The van der Waals surface area contributed by atoms with E-state index < -0.39 is 19.7 Å². The quantitative estimate of drug-likeness (QED) is 0.343. The smallest absolute Gasteiger partial charge is 0.379 e. The molecule has 190 valence electrons. The normalized spacial score (nSPS) is 13.4. The Morgan fingerprint density at radius 3 is 2.37 bits per heavy atom. The predicted octanol–water partition coefficient (Wildman–Crippen LogP) is 6.47. The minimum absolute atomic E-state index is 0.0445. The van der Waals surface area contributed by atoms with Crippen LogP contribution >= 0.6 is 7.92 Å². The predicted molar refractivity (Wildman–Crippen MR) is 140 cm³/mol. The average Bonchev–Trinajstić information content (AvgIpc) is 2.76. The molecule has 0 spiro atoms. The molecule has 0 bridgehead atoms. The second-order valence-electron chi connectivity index (χ2n) is 9.51. The van der Waals surface area contributed by atoms with Crippen molar-refractivity contribution in [2.75, 3.05) is 31.1 Å². The number of nitrogens with zero attached hydrogens (tertiary/aromatic N) is 2. The van der Waals surface area contributed by atoms with Gasteiger partial charge >= 0.3 is 6.18 Å². The van der Waals surface area contributed by atoms with Gasteiger partial charge in [-0.05, 0) is 82.6 Å². The maximum atomic E-state index is 13.3. The van der Waals surface area contributed by atoms with Gasteiger partial charge in [-0.3, -0.25) is 0 Å². The van der Waals surface area contributed by atoms with E-state index in [0.29, 0.717) is 17.2 Å². The van der Waals surface area contributed by atoms with Gasteiger partial charge < -0.3 is 15.4 Å². The number of aromatic nitrogens is 2. The van der Waals surface area contributed by atoms with Crippen LogP contribution < -0.4 is 15.9 Å². The zero-order valence-corrected chi connectivity index (χ0v) is 22.4. The van der Waals surface area contributed by atoms with Crippen molar-refractivity contribution >= 4 is 35.6 Å². The van der Waals surface area contributed by atoms with Crippen LogP contribution in [0.2, 0.25) is 0 Å². The van der Waals surface area contributed by atoms with Crippen LogP contribution in [0.25, 0.3) is 10.9 Å². The first-order valence-corrected chi connectivity index (χ1v) is 13.7. The van der Waals surface area contributed by atoms with E-state index in [-0.39, 0.29) is 23.8 Å². The zero-order valence-electron chi connectivity index (χ0n) is 21.6. The molecule has 0 amide bonds. The Kier molecular flexibility index (Phi) is 7.97. The lowest BCUT2D eigenvalue weighted by Gasteiger charge is -2.32. The number of methoxy groups -OCH3 is 1. The molecule has 0 saturated carbocycles. The largest absolute Gasteiger partial charge is 0.416 e. The molecule has 2 aromatic carbocycles. The third-order valence-electron chi connectivity index (χ3n) is 6.55. The summed E-state index contributed by atoms with van der Waals surface area (Å²) in [6.07, 6.45) is -4.38. The van der Waals surface area contributed by atoms with E-state index in [2.05, 4.69) is 46.9 Å². The summed E-state index contributed by atoms with van der Waals surface area (Å²) in [5.74, 6) is 1.19. The summed E-state index contributed by atoms with van der Waals surface area (Å²) in [4.78, 5) is 9.23. The van der Waals surface area contributed by atoms with Crippen molar-refractivity contribution in [2.24, 2.45) is 0 Å². The maximum absolute atomic E-state index is 13.3. The first-order valence-electron chi connectivity index (χ1n) is 11.5. The van der Waals surface area contributed by atoms with Crippen molar-refractivity contribution < 1.29 is 17.9 Å². The molecule has 0 aliphatic heterocycles. The molecule has 0 aliphatic carbocycles. The van der Waals surface area contributed by atoms with Crippen molar-refractivity contribution in [1.82, 2.24) is 9.97 Å². The topological polar surface area (TPSA) is 59.1 Å². The highest BCUT2D eigenvalue weighted by Gasteiger charge is 2.32. The number of hydrogen-bond donors (Lipinski definition) is 2. The van der Waals surface area contributed by atoms with Crippen molar-refractivity contribution in [2.45, 2.75) is 59.0 Å². The highest BCUT2D eigenvalue weighted by molar-refractivity contribution is 7.64. The summed E-state index contributed by atoms with van der Waals surface area (Å²) >= 11 is 0. The van der Waals surface area contributed by atoms with Crippen LogP contribution in [0, 0.1) is 13.8 Å². The number of fused-ring (bicyclic) bond motifs is 1. The highest BCUT2D eigenvalue weighted by atomic mass is 31.1. The van der Waals surface area contributed by atoms with E-state index in [0.717, 1.165) is 28.0 Å². The molecule has 0 fully saturated rings. The Bertz CT molecular complexity index is 1210. The van der Waals surface area contributed by atoms with Crippen LogP contribution in [-0.2, 0) is 17.5 Å². The van der Waals surface area contributed by atoms with Crippen molar-refractivity contribution in [1.29, 1.82) is 0 Å². The number of halogens is 3. The monoisotopic (exact) mass is 506 g/mol. The second kappa shape index (κ2) is 10.3. The van der Waals surface area contributed by atoms with E-state index in [9.17, 15) is 13.2 Å². The van der Waals surface area contributed by atoms with Crippen molar-refractivity contribution in [3.8, 4) is 0 Å². The van der Waals surface area contributed by atoms with E-state index in [1.807, 2.05) is 26.8 Å². The van der Waals surface area contributed by atoms with Crippen molar-refractivity contribution in [3.05, 3.63) is 52.8 Å². The van der Waals surface area contributed by atoms with Crippen LogP contribution in [0.5, 0.6) is 0 Å². The molecule has 1 atom stereocenters. The Hall–Kier alpha value is -2.44. The van der Waals surface area contributed by atoms with Crippen molar-refractivity contribution in [3.63, 3.8) is 0 Å². The van der Waals surface area contributed by atoms with Crippen LogP contribution in [-0.4, -0.2) is 42.1 Å². The lowest BCUT2D eigenvalue weighted by molar-refractivity contribution is -0.138. The lowest BCUT2D eigenvalue weighted by Crippen LogP contribution is -2.42. The first kappa shape index (κ1) is 27.2. The van der Waals surface area contributed by atoms with Gasteiger partial charge in [-0.15, -0.1) is 0 Å². The van der Waals surface area contributed by atoms with Gasteiger partial charge in [0.2, 0.25) is 0 Å². The fourth-order valence-corrected chi connectivity index (χ4v) is 4.84. The minimum atomic E-state index is -4.38. The molecule has 2 N–H and O–H groups in total. The molecule has 3 rings (SSSR count). The summed E-state index contributed by atoms with van der Waals surface area (Å²) in [7, 11) is 1.23. The molecule has 9 heteroatoms. The van der Waals surface area contributed by atoms with E-state index >= 15 is 0 Å². The Morgan fingerprint density at radius 1 is 1.09 bits per heavy atom. The Balaban J connectivity index is 2.01. The first-order chi connectivity index (χ1) is 16.2. The average molecular weight is 507 g/mol. The molecule has 1 unspecified atom stereocenters. The highest BCUT2D eigenvalue weighted by Crippen LogP contribution is 2.35. The summed E-state index contributed by atoms with van der Waals surface area (Å²) in [5, 5.41) is 8.88. The summed E-state index contributed by atoms with van der Waals surface area (Å²) < 4.78 is 45.7. The van der Waals surface area contributed by atoms with E-state index in [1.165, 1.54) is 13.0 Å². The molecule has 1 heterocycles. The second-order valence-corrected chi connectivity index (χ2v) is 11.8. The number of hydrogen-bond acceptors (Lipinski definition) is 5. The van der Waals surface area contributed by atoms with Gasteiger partial charge in [0.05, 0.1) is 22.7 Å². The van der Waals surface area contributed by atoms with Gasteiger partial charge in [0.15, 0.2) is 0 Å². The Morgan fingerprint density at radius 2 is 1.77 bits per heavy atom. The number of benzene rings is 2. The van der Waals surface area contributed by atoms with E-state index in [1.54, 1.807) is 13.2 Å². The number of alkyl halides is 3. The van der Waals surface area contributed by atoms with Crippen LogP contribution in [0.1, 0.15) is 43.3 Å². The maximum Gasteiger partial charge on any atom is 0.416 e. The van der Waals surface area contributed by atoms with Crippen LogP contribution in [0.4, 0.5) is 24.7 Å². The number of rotatable bonds is 8. The van der Waals surface area contributed by atoms with Crippen LogP contribution in [0.3, 0.4) is 0 Å². The SMILES string of the molecule is COC(C)(C)C(C)Nc1cc2nc(C)nc(NCc3cccc(C(F)(F)F)c3C)c2cc1P(C)C. The van der Waals surface area contributed by atoms with Crippen LogP contribution in [0.15, 0.2) is 30.3 Å². The van der Waals surface area contributed by atoms with Gasteiger partial charge in [0.25, 0.3) is 0 Å². The standard InChI is InChI=1S/C26H34F3N4OP/c1-15-18(10-9-11-20(15)26(27,28)29)14-30-24-19-12-23(35(7)8)22(13-21(19)32-17(3)33-24)31-16(2)25(4,5)34-6/h9-13,16,31H,14H2,1-8H3,(H,30,32,33). The molecule has 35 heavy (non-hydrogen) atoms.